The molecule has 4 nitrogen and oxygen atoms in total. The Morgan fingerprint density at radius 3 is 2.94 bits per heavy atom. The van der Waals surface area contributed by atoms with Crippen LogP contribution in [0.15, 0.2) is 40.5 Å². The average molecular weight is 261 g/mol. The second kappa shape index (κ2) is 5.73. The molecule has 0 radical (unpaired) electrons. The number of aromatic nitrogens is 1. The van der Waals surface area contributed by atoms with E-state index in [1.165, 1.54) is 0 Å². The zero-order chi connectivity index (χ0) is 13.0. The van der Waals surface area contributed by atoms with E-state index in [4.69, 9.17) is 10.9 Å². The second-order valence-corrected chi connectivity index (χ2v) is 4.97. The molecule has 1 aromatic heterocycles. The molecule has 0 saturated carbocycles. The molecule has 1 aromatic carbocycles. The fourth-order valence-electron chi connectivity index (χ4n) is 1.70. The van der Waals surface area contributed by atoms with Crippen molar-refractivity contribution in [2.75, 3.05) is 5.75 Å². The van der Waals surface area contributed by atoms with Gasteiger partial charge in [-0.25, -0.2) is 4.98 Å². The van der Waals surface area contributed by atoms with Crippen LogP contribution in [0.3, 0.4) is 0 Å². The highest BCUT2D eigenvalue weighted by Gasteiger charge is 2.09. The number of nitrogens with two attached hydrogens (primary N) is 1. The number of amidine groups is 1. The van der Waals surface area contributed by atoms with Crippen molar-refractivity contribution >= 4 is 28.5 Å². The standard InChI is InChI=1S/C13H15N3OS/c1-2-7-18-12-8-10(13(14)16-17)9-5-3-4-6-11(9)15-12/h3-6,8,17H,2,7H2,1H3,(H2,14,16). The summed E-state index contributed by atoms with van der Waals surface area (Å²) in [6.07, 6.45) is 1.08. The van der Waals surface area contributed by atoms with Gasteiger partial charge in [0, 0.05) is 10.9 Å². The van der Waals surface area contributed by atoms with Gasteiger partial charge in [0.1, 0.15) is 0 Å². The molecule has 3 N–H and O–H groups in total. The number of nitrogens with zero attached hydrogens (tertiary/aromatic N) is 2. The number of hydrogen-bond donors (Lipinski definition) is 2. The first-order chi connectivity index (χ1) is 8.76. The van der Waals surface area contributed by atoms with E-state index < -0.39 is 0 Å². The van der Waals surface area contributed by atoms with Gasteiger partial charge in [-0.05, 0) is 24.3 Å². The van der Waals surface area contributed by atoms with E-state index in [0.29, 0.717) is 0 Å². The highest BCUT2D eigenvalue weighted by Crippen LogP contribution is 2.24. The molecule has 0 fully saturated rings. The first kappa shape index (κ1) is 12.7. The number of pyridine rings is 1. The van der Waals surface area contributed by atoms with Crippen molar-refractivity contribution < 1.29 is 5.21 Å². The minimum absolute atomic E-state index is 0.118. The van der Waals surface area contributed by atoms with Crippen molar-refractivity contribution in [3.05, 3.63) is 35.9 Å². The van der Waals surface area contributed by atoms with Gasteiger partial charge in [0.2, 0.25) is 0 Å². The molecule has 0 bridgehead atoms. The molecular weight excluding hydrogens is 246 g/mol. The van der Waals surface area contributed by atoms with Crippen LogP contribution in [0, 0.1) is 0 Å². The highest BCUT2D eigenvalue weighted by atomic mass is 32.2. The second-order valence-electron chi connectivity index (χ2n) is 3.86. The smallest absolute Gasteiger partial charge is 0.170 e. The number of benzene rings is 1. The number of hydrogen-bond acceptors (Lipinski definition) is 4. The summed E-state index contributed by atoms with van der Waals surface area (Å²) < 4.78 is 0. The predicted molar refractivity (Wildman–Crippen MR) is 75.3 cm³/mol. The van der Waals surface area contributed by atoms with Gasteiger partial charge in [0.05, 0.1) is 10.5 Å². The van der Waals surface area contributed by atoms with Crippen LogP contribution in [0.2, 0.25) is 0 Å². The molecule has 2 rings (SSSR count). The van der Waals surface area contributed by atoms with E-state index in [1.54, 1.807) is 11.8 Å². The van der Waals surface area contributed by atoms with Crippen LogP contribution in [0.25, 0.3) is 10.9 Å². The molecule has 0 atom stereocenters. The Labute approximate surface area is 110 Å². The fourth-order valence-corrected chi connectivity index (χ4v) is 2.47. The van der Waals surface area contributed by atoms with Gasteiger partial charge in [-0.2, -0.15) is 0 Å². The van der Waals surface area contributed by atoms with Crippen molar-refractivity contribution in [3.63, 3.8) is 0 Å². The molecule has 0 saturated heterocycles. The summed E-state index contributed by atoms with van der Waals surface area (Å²) in [5.41, 5.74) is 7.31. The minimum atomic E-state index is 0.118. The van der Waals surface area contributed by atoms with Gasteiger partial charge in [-0.15, -0.1) is 11.8 Å². The minimum Gasteiger partial charge on any atom is -0.409 e. The third-order valence-corrected chi connectivity index (χ3v) is 3.65. The molecule has 0 unspecified atom stereocenters. The summed E-state index contributed by atoms with van der Waals surface area (Å²) in [6.45, 7) is 2.12. The molecule has 2 aromatic rings. The van der Waals surface area contributed by atoms with Gasteiger partial charge < -0.3 is 10.9 Å². The van der Waals surface area contributed by atoms with E-state index in [9.17, 15) is 0 Å². The lowest BCUT2D eigenvalue weighted by molar-refractivity contribution is 0.318. The maximum Gasteiger partial charge on any atom is 0.170 e. The topological polar surface area (TPSA) is 71.5 Å². The Balaban J connectivity index is 2.57. The van der Waals surface area contributed by atoms with Crippen molar-refractivity contribution in [2.24, 2.45) is 10.9 Å². The van der Waals surface area contributed by atoms with E-state index in [-0.39, 0.29) is 5.84 Å². The zero-order valence-electron chi connectivity index (χ0n) is 10.1. The largest absolute Gasteiger partial charge is 0.409 e. The van der Waals surface area contributed by atoms with E-state index in [2.05, 4.69) is 17.1 Å². The van der Waals surface area contributed by atoms with Crippen molar-refractivity contribution in [3.8, 4) is 0 Å². The third kappa shape index (κ3) is 2.56. The molecule has 0 amide bonds. The molecule has 0 aliphatic carbocycles. The number of para-hydroxylation sites is 1. The Morgan fingerprint density at radius 2 is 2.22 bits per heavy atom. The van der Waals surface area contributed by atoms with Crippen LogP contribution in [0.1, 0.15) is 18.9 Å². The Bertz CT molecular complexity index is 583. The summed E-state index contributed by atoms with van der Waals surface area (Å²) in [5.74, 6) is 1.12. The first-order valence-electron chi connectivity index (χ1n) is 5.76. The predicted octanol–water partition coefficient (Wildman–Crippen LogP) is 2.83. The van der Waals surface area contributed by atoms with Crippen molar-refractivity contribution in [1.82, 2.24) is 4.98 Å². The lowest BCUT2D eigenvalue weighted by atomic mass is 10.1. The molecule has 0 aliphatic rings. The summed E-state index contributed by atoms with van der Waals surface area (Å²) in [6, 6.07) is 9.57. The Hall–Kier alpha value is -1.75. The van der Waals surface area contributed by atoms with E-state index in [1.807, 2.05) is 30.3 Å². The van der Waals surface area contributed by atoms with Crippen molar-refractivity contribution in [2.45, 2.75) is 18.4 Å². The number of oxime groups is 1. The third-order valence-electron chi connectivity index (χ3n) is 2.53. The van der Waals surface area contributed by atoms with Gasteiger partial charge in [-0.1, -0.05) is 30.3 Å². The van der Waals surface area contributed by atoms with Crippen LogP contribution in [-0.2, 0) is 0 Å². The molecular formula is C13H15N3OS. The summed E-state index contributed by atoms with van der Waals surface area (Å²) in [5, 5.41) is 13.7. The molecule has 94 valence electrons. The summed E-state index contributed by atoms with van der Waals surface area (Å²) in [7, 11) is 0. The lowest BCUT2D eigenvalue weighted by Crippen LogP contribution is -2.14. The lowest BCUT2D eigenvalue weighted by Gasteiger charge is -2.07. The van der Waals surface area contributed by atoms with Gasteiger partial charge >= 0.3 is 0 Å². The number of thioether (sulfide) groups is 1. The molecule has 18 heavy (non-hydrogen) atoms. The van der Waals surface area contributed by atoms with E-state index in [0.717, 1.165) is 33.7 Å². The van der Waals surface area contributed by atoms with Gasteiger partial charge in [0.25, 0.3) is 0 Å². The zero-order valence-corrected chi connectivity index (χ0v) is 10.9. The Morgan fingerprint density at radius 1 is 1.44 bits per heavy atom. The summed E-state index contributed by atoms with van der Waals surface area (Å²) >= 11 is 1.67. The van der Waals surface area contributed by atoms with Crippen LogP contribution < -0.4 is 5.73 Å². The number of rotatable bonds is 4. The molecule has 0 spiro atoms. The van der Waals surface area contributed by atoms with Crippen molar-refractivity contribution in [1.29, 1.82) is 0 Å². The molecule has 5 heteroatoms. The average Bonchev–Trinajstić information content (AvgIpc) is 2.43. The maximum atomic E-state index is 8.85. The monoisotopic (exact) mass is 261 g/mol. The van der Waals surface area contributed by atoms with E-state index >= 15 is 0 Å². The van der Waals surface area contributed by atoms with Gasteiger partial charge in [0.15, 0.2) is 5.84 Å². The van der Waals surface area contributed by atoms with Gasteiger partial charge in [-0.3, -0.25) is 0 Å². The van der Waals surface area contributed by atoms with Crippen LogP contribution in [-0.4, -0.2) is 21.8 Å². The maximum absolute atomic E-state index is 8.85. The van der Waals surface area contributed by atoms with Crippen LogP contribution in [0.5, 0.6) is 0 Å². The fraction of sp³-hybridized carbons (Fsp3) is 0.231. The quantitative estimate of drug-likeness (QED) is 0.292. The first-order valence-corrected chi connectivity index (χ1v) is 6.75. The highest BCUT2D eigenvalue weighted by molar-refractivity contribution is 7.99. The molecule has 1 heterocycles. The summed E-state index contributed by atoms with van der Waals surface area (Å²) in [4.78, 5) is 4.56. The molecule has 0 aliphatic heterocycles. The van der Waals surface area contributed by atoms with Crippen LogP contribution in [0.4, 0.5) is 0 Å². The Kier molecular flexibility index (Phi) is 4.04. The normalized spacial score (nSPS) is 11.9. The van der Waals surface area contributed by atoms with Crippen LogP contribution >= 0.6 is 11.8 Å². The SMILES string of the molecule is CCCSc1cc(C(N)=NO)c2ccccc2n1. The number of fused-ring (bicyclic) bond motifs is 1.